The molecule has 6 nitrogen and oxygen atoms in total. The fraction of sp³-hybridized carbons (Fsp3) is 0.208. The normalized spacial score (nSPS) is 13.7. The summed E-state index contributed by atoms with van der Waals surface area (Å²) in [5.41, 5.74) is 2.06. The van der Waals surface area contributed by atoms with Crippen LogP contribution in [0.25, 0.3) is 0 Å². The van der Waals surface area contributed by atoms with Crippen molar-refractivity contribution in [3.05, 3.63) is 89.1 Å². The van der Waals surface area contributed by atoms with E-state index in [0.29, 0.717) is 35.8 Å². The molecule has 1 fully saturated rings. The van der Waals surface area contributed by atoms with Crippen molar-refractivity contribution in [1.29, 1.82) is 0 Å². The van der Waals surface area contributed by atoms with Gasteiger partial charge in [0.15, 0.2) is 0 Å². The molecule has 3 aromatic rings. The smallest absolute Gasteiger partial charge is 0.257 e. The molecule has 0 atom stereocenters. The highest BCUT2D eigenvalue weighted by atomic mass is 35.5. The molecule has 1 aliphatic heterocycles. The highest BCUT2D eigenvalue weighted by molar-refractivity contribution is 6.34. The van der Waals surface area contributed by atoms with Gasteiger partial charge in [-0.05, 0) is 29.8 Å². The Labute approximate surface area is 186 Å². The number of anilines is 2. The molecule has 0 saturated carbocycles. The zero-order valence-corrected chi connectivity index (χ0v) is 17.8. The van der Waals surface area contributed by atoms with Gasteiger partial charge in [-0.25, -0.2) is 4.98 Å². The second kappa shape index (κ2) is 9.62. The van der Waals surface area contributed by atoms with Crippen molar-refractivity contribution in [2.24, 2.45) is 0 Å². The van der Waals surface area contributed by atoms with Crippen LogP contribution in [-0.2, 0) is 11.2 Å². The summed E-state index contributed by atoms with van der Waals surface area (Å²) in [5, 5.41) is 3.22. The molecule has 31 heavy (non-hydrogen) atoms. The van der Waals surface area contributed by atoms with Gasteiger partial charge in [0, 0.05) is 26.2 Å². The Morgan fingerprint density at radius 3 is 2.29 bits per heavy atom. The van der Waals surface area contributed by atoms with Crippen LogP contribution >= 0.6 is 11.6 Å². The summed E-state index contributed by atoms with van der Waals surface area (Å²) in [5.74, 6) is 0.702. The molecular formula is C24H23ClN4O2. The van der Waals surface area contributed by atoms with Gasteiger partial charge in [-0.2, -0.15) is 0 Å². The minimum Gasteiger partial charge on any atom is -0.353 e. The SMILES string of the molecule is O=C(Nc1ccc(N2CCN(C(=O)Cc3ccccc3)CC2)nc1)c1ccccc1Cl. The van der Waals surface area contributed by atoms with E-state index in [1.165, 1.54) is 0 Å². The fourth-order valence-electron chi connectivity index (χ4n) is 3.56. The first kappa shape index (κ1) is 20.9. The number of nitrogens with one attached hydrogen (secondary N) is 1. The lowest BCUT2D eigenvalue weighted by Gasteiger charge is -2.35. The van der Waals surface area contributed by atoms with E-state index >= 15 is 0 Å². The van der Waals surface area contributed by atoms with Gasteiger partial charge >= 0.3 is 0 Å². The maximum Gasteiger partial charge on any atom is 0.257 e. The van der Waals surface area contributed by atoms with E-state index in [-0.39, 0.29) is 11.8 Å². The summed E-state index contributed by atoms with van der Waals surface area (Å²) in [6.45, 7) is 2.77. The highest BCUT2D eigenvalue weighted by Gasteiger charge is 2.22. The predicted octanol–water partition coefficient (Wildman–Crippen LogP) is 3.88. The third-order valence-electron chi connectivity index (χ3n) is 5.28. The number of benzene rings is 2. The lowest BCUT2D eigenvalue weighted by atomic mass is 10.1. The molecule has 1 saturated heterocycles. The predicted molar refractivity (Wildman–Crippen MR) is 123 cm³/mol. The van der Waals surface area contributed by atoms with Gasteiger partial charge in [0.1, 0.15) is 5.82 Å². The standard InChI is InChI=1S/C24H23ClN4O2/c25-21-9-5-4-8-20(21)24(31)27-19-10-11-22(26-17-19)28-12-14-29(15-13-28)23(30)16-18-6-2-1-3-7-18/h1-11,17H,12-16H2,(H,27,31). The van der Waals surface area contributed by atoms with Crippen molar-refractivity contribution < 1.29 is 9.59 Å². The van der Waals surface area contributed by atoms with Crippen LogP contribution in [0.5, 0.6) is 0 Å². The Morgan fingerprint density at radius 1 is 0.903 bits per heavy atom. The topological polar surface area (TPSA) is 65.5 Å². The molecule has 2 amide bonds. The average molecular weight is 435 g/mol. The highest BCUT2D eigenvalue weighted by Crippen LogP contribution is 2.19. The number of nitrogens with zero attached hydrogens (tertiary/aromatic N) is 3. The molecule has 1 aliphatic rings. The largest absolute Gasteiger partial charge is 0.353 e. The van der Waals surface area contributed by atoms with E-state index in [2.05, 4.69) is 15.2 Å². The maximum absolute atomic E-state index is 12.5. The summed E-state index contributed by atoms with van der Waals surface area (Å²) in [4.78, 5) is 33.5. The van der Waals surface area contributed by atoms with Crippen molar-refractivity contribution >= 4 is 34.9 Å². The number of carbonyl (C=O) groups excluding carboxylic acids is 2. The Hall–Kier alpha value is -3.38. The first-order valence-electron chi connectivity index (χ1n) is 10.2. The number of halogens is 1. The van der Waals surface area contributed by atoms with Crippen LogP contribution in [-0.4, -0.2) is 47.9 Å². The average Bonchev–Trinajstić information content (AvgIpc) is 2.80. The third kappa shape index (κ3) is 5.22. The van der Waals surface area contributed by atoms with E-state index in [1.54, 1.807) is 30.5 Å². The fourth-order valence-corrected chi connectivity index (χ4v) is 3.78. The quantitative estimate of drug-likeness (QED) is 0.661. The van der Waals surface area contributed by atoms with Crippen LogP contribution in [0.2, 0.25) is 5.02 Å². The van der Waals surface area contributed by atoms with Crippen LogP contribution in [0, 0.1) is 0 Å². The number of hydrogen-bond acceptors (Lipinski definition) is 4. The molecule has 0 unspecified atom stereocenters. The van der Waals surface area contributed by atoms with Gasteiger partial charge < -0.3 is 15.1 Å². The Kier molecular flexibility index (Phi) is 6.48. The van der Waals surface area contributed by atoms with Crippen LogP contribution in [0.15, 0.2) is 72.9 Å². The van der Waals surface area contributed by atoms with Crippen molar-refractivity contribution in [2.75, 3.05) is 36.4 Å². The summed E-state index contributed by atoms with van der Waals surface area (Å²) in [6, 6.07) is 20.4. The summed E-state index contributed by atoms with van der Waals surface area (Å²) < 4.78 is 0. The number of rotatable bonds is 5. The van der Waals surface area contributed by atoms with Crippen LogP contribution in [0.4, 0.5) is 11.5 Å². The molecule has 0 bridgehead atoms. The first-order valence-corrected chi connectivity index (χ1v) is 10.6. The molecular weight excluding hydrogens is 412 g/mol. The number of amides is 2. The Balaban J connectivity index is 1.30. The van der Waals surface area contributed by atoms with E-state index < -0.39 is 0 Å². The van der Waals surface area contributed by atoms with Gasteiger partial charge in [-0.1, -0.05) is 54.1 Å². The molecule has 0 spiro atoms. The zero-order valence-electron chi connectivity index (χ0n) is 17.0. The van der Waals surface area contributed by atoms with E-state index in [9.17, 15) is 9.59 Å². The van der Waals surface area contributed by atoms with Crippen molar-refractivity contribution in [3.8, 4) is 0 Å². The monoisotopic (exact) mass is 434 g/mol. The van der Waals surface area contributed by atoms with E-state index in [1.807, 2.05) is 47.4 Å². The number of hydrogen-bond donors (Lipinski definition) is 1. The number of carbonyl (C=O) groups is 2. The summed E-state index contributed by atoms with van der Waals surface area (Å²) in [7, 11) is 0. The molecule has 7 heteroatoms. The molecule has 2 heterocycles. The molecule has 4 rings (SSSR count). The zero-order chi connectivity index (χ0) is 21.6. The van der Waals surface area contributed by atoms with Gasteiger partial charge in [-0.3, -0.25) is 9.59 Å². The first-order chi connectivity index (χ1) is 15.1. The van der Waals surface area contributed by atoms with E-state index in [0.717, 1.165) is 24.5 Å². The summed E-state index contributed by atoms with van der Waals surface area (Å²) >= 11 is 6.08. The van der Waals surface area contributed by atoms with Gasteiger partial charge in [-0.15, -0.1) is 0 Å². The van der Waals surface area contributed by atoms with E-state index in [4.69, 9.17) is 11.6 Å². The minimum absolute atomic E-state index is 0.149. The van der Waals surface area contributed by atoms with Crippen molar-refractivity contribution in [3.63, 3.8) is 0 Å². The maximum atomic E-state index is 12.5. The Morgan fingerprint density at radius 2 is 1.61 bits per heavy atom. The number of aromatic nitrogens is 1. The van der Waals surface area contributed by atoms with Gasteiger partial charge in [0.25, 0.3) is 5.91 Å². The summed E-state index contributed by atoms with van der Waals surface area (Å²) in [6.07, 6.45) is 2.07. The second-order valence-corrected chi connectivity index (χ2v) is 7.78. The minimum atomic E-state index is -0.273. The molecule has 1 N–H and O–H groups in total. The second-order valence-electron chi connectivity index (χ2n) is 7.37. The van der Waals surface area contributed by atoms with Gasteiger partial charge in [0.05, 0.1) is 28.9 Å². The lowest BCUT2D eigenvalue weighted by Crippen LogP contribution is -2.49. The molecule has 158 valence electrons. The van der Waals surface area contributed by atoms with Crippen LogP contribution in [0.3, 0.4) is 0 Å². The molecule has 0 aliphatic carbocycles. The van der Waals surface area contributed by atoms with Gasteiger partial charge in [0.2, 0.25) is 5.91 Å². The number of pyridine rings is 1. The number of piperazine rings is 1. The Bertz CT molecular complexity index is 1050. The molecule has 0 radical (unpaired) electrons. The van der Waals surface area contributed by atoms with Crippen LogP contribution < -0.4 is 10.2 Å². The third-order valence-corrected chi connectivity index (χ3v) is 5.61. The molecule has 1 aromatic heterocycles. The lowest BCUT2D eigenvalue weighted by molar-refractivity contribution is -0.130. The van der Waals surface area contributed by atoms with Crippen molar-refractivity contribution in [2.45, 2.75) is 6.42 Å². The van der Waals surface area contributed by atoms with Crippen molar-refractivity contribution in [1.82, 2.24) is 9.88 Å². The van der Waals surface area contributed by atoms with Crippen LogP contribution in [0.1, 0.15) is 15.9 Å². The molecule has 2 aromatic carbocycles.